The highest BCUT2D eigenvalue weighted by Crippen LogP contribution is 2.21. The number of aromatic nitrogens is 3. The van der Waals surface area contributed by atoms with E-state index in [0.29, 0.717) is 18.8 Å². The first kappa shape index (κ1) is 24.0. The maximum Gasteiger partial charge on any atom is 0.220 e. The maximum atomic E-state index is 12.7. The van der Waals surface area contributed by atoms with E-state index in [2.05, 4.69) is 43.3 Å². The number of imidazole rings is 1. The molecule has 182 valence electrons. The second-order valence-electron chi connectivity index (χ2n) is 9.19. The molecule has 1 aliphatic heterocycles. The molecule has 8 heteroatoms. The van der Waals surface area contributed by atoms with Crippen LogP contribution in [0.1, 0.15) is 35.5 Å². The molecule has 0 bridgehead atoms. The van der Waals surface area contributed by atoms with Crippen LogP contribution in [0.5, 0.6) is 0 Å². The smallest absolute Gasteiger partial charge is 0.220 e. The third kappa shape index (κ3) is 6.28. The summed E-state index contributed by atoms with van der Waals surface area (Å²) in [4.78, 5) is 25.7. The molecule has 0 radical (unpaired) electrons. The number of aryl methyl sites for hydroxylation is 1. The molecule has 3 aromatic heterocycles. The third-order valence-corrected chi connectivity index (χ3v) is 7.74. The van der Waals surface area contributed by atoms with E-state index in [0.717, 1.165) is 67.6 Å². The number of pyridine rings is 1. The molecule has 0 aliphatic carbocycles. The second kappa shape index (κ2) is 11.3. The minimum Gasteiger partial charge on any atom is -0.356 e. The highest BCUT2D eigenvalue weighted by atomic mass is 35.5. The molecule has 1 saturated heterocycles. The van der Waals surface area contributed by atoms with Gasteiger partial charge in [0.25, 0.3) is 0 Å². The number of carbonyl (C=O) groups excluding carboxylic acids is 1. The zero-order valence-corrected chi connectivity index (χ0v) is 21.3. The van der Waals surface area contributed by atoms with Gasteiger partial charge in [-0.1, -0.05) is 29.8 Å². The van der Waals surface area contributed by atoms with E-state index < -0.39 is 0 Å². The Morgan fingerprint density at radius 3 is 2.80 bits per heavy atom. The molecule has 6 nitrogen and oxygen atoms in total. The fourth-order valence-corrected chi connectivity index (χ4v) is 5.64. The average molecular weight is 508 g/mol. The minimum atomic E-state index is 0.0917. The van der Waals surface area contributed by atoms with Crippen LogP contribution in [0.4, 0.5) is 0 Å². The predicted molar refractivity (Wildman–Crippen MR) is 142 cm³/mol. The van der Waals surface area contributed by atoms with Crippen LogP contribution in [0.25, 0.3) is 11.2 Å². The van der Waals surface area contributed by atoms with Crippen molar-refractivity contribution in [3.63, 3.8) is 0 Å². The van der Waals surface area contributed by atoms with E-state index in [1.807, 2.05) is 30.3 Å². The molecule has 1 N–H and O–H groups in total. The van der Waals surface area contributed by atoms with E-state index in [-0.39, 0.29) is 5.91 Å². The summed E-state index contributed by atoms with van der Waals surface area (Å²) >= 11 is 7.84. The van der Waals surface area contributed by atoms with Gasteiger partial charge in [-0.25, -0.2) is 9.97 Å². The van der Waals surface area contributed by atoms with Crippen molar-refractivity contribution in [2.24, 2.45) is 5.92 Å². The summed E-state index contributed by atoms with van der Waals surface area (Å²) in [6.45, 7) is 4.51. The lowest BCUT2D eigenvalue weighted by molar-refractivity contribution is -0.121. The number of benzene rings is 1. The van der Waals surface area contributed by atoms with Crippen molar-refractivity contribution >= 4 is 40.0 Å². The van der Waals surface area contributed by atoms with Crippen molar-refractivity contribution in [3.8, 4) is 0 Å². The third-order valence-electron chi connectivity index (χ3n) is 6.64. The zero-order valence-electron chi connectivity index (χ0n) is 19.7. The van der Waals surface area contributed by atoms with E-state index in [4.69, 9.17) is 16.6 Å². The number of thiophene rings is 1. The summed E-state index contributed by atoms with van der Waals surface area (Å²) < 4.78 is 2.14. The SMILES string of the molecule is O=C(CCc1nc2cccnc2n1Cc1cccs1)NCC1CCN(Cc2cccc(Cl)c2)CC1. The normalized spacial score (nSPS) is 15.0. The van der Waals surface area contributed by atoms with Gasteiger partial charge in [-0.2, -0.15) is 0 Å². The van der Waals surface area contributed by atoms with Crippen molar-refractivity contribution in [3.05, 3.63) is 81.4 Å². The Labute approximate surface area is 215 Å². The molecule has 0 atom stereocenters. The van der Waals surface area contributed by atoms with Gasteiger partial charge in [0.1, 0.15) is 11.3 Å². The Bertz CT molecular complexity index is 1260. The van der Waals surface area contributed by atoms with Crippen LogP contribution in [0.2, 0.25) is 5.02 Å². The van der Waals surface area contributed by atoms with Crippen molar-refractivity contribution in [1.29, 1.82) is 0 Å². The highest BCUT2D eigenvalue weighted by Gasteiger charge is 2.20. The molecular formula is C27H30ClN5OS. The number of nitrogens with zero attached hydrogens (tertiary/aromatic N) is 4. The molecule has 4 heterocycles. The minimum absolute atomic E-state index is 0.0917. The van der Waals surface area contributed by atoms with Crippen LogP contribution in [0, 0.1) is 5.92 Å². The maximum absolute atomic E-state index is 12.7. The van der Waals surface area contributed by atoms with Gasteiger partial charge in [0, 0.05) is 42.0 Å². The summed E-state index contributed by atoms with van der Waals surface area (Å²) in [6, 6.07) is 16.2. The van der Waals surface area contributed by atoms with Crippen molar-refractivity contribution in [2.45, 2.75) is 38.8 Å². The second-order valence-corrected chi connectivity index (χ2v) is 10.7. The first-order valence-corrected chi connectivity index (χ1v) is 13.5. The molecule has 1 amide bonds. The molecule has 1 aromatic carbocycles. The number of hydrogen-bond acceptors (Lipinski definition) is 5. The number of fused-ring (bicyclic) bond motifs is 1. The van der Waals surface area contributed by atoms with Gasteiger partial charge in [0.05, 0.1) is 6.54 Å². The van der Waals surface area contributed by atoms with Crippen LogP contribution in [0.15, 0.2) is 60.1 Å². The van der Waals surface area contributed by atoms with Crippen molar-refractivity contribution < 1.29 is 4.79 Å². The number of carbonyl (C=O) groups is 1. The van der Waals surface area contributed by atoms with E-state index >= 15 is 0 Å². The van der Waals surface area contributed by atoms with Gasteiger partial charge in [-0.3, -0.25) is 9.69 Å². The van der Waals surface area contributed by atoms with Crippen LogP contribution in [-0.4, -0.2) is 45.0 Å². The number of hydrogen-bond donors (Lipinski definition) is 1. The first-order chi connectivity index (χ1) is 17.1. The van der Waals surface area contributed by atoms with Gasteiger partial charge in [0.2, 0.25) is 5.91 Å². The van der Waals surface area contributed by atoms with Gasteiger partial charge in [-0.05, 0) is 73.1 Å². The van der Waals surface area contributed by atoms with Crippen molar-refractivity contribution in [1.82, 2.24) is 24.8 Å². The fourth-order valence-electron chi connectivity index (χ4n) is 4.73. The molecule has 0 spiro atoms. The first-order valence-electron chi connectivity index (χ1n) is 12.2. The van der Waals surface area contributed by atoms with Crippen LogP contribution >= 0.6 is 22.9 Å². The number of likely N-dealkylation sites (tertiary alicyclic amines) is 1. The van der Waals surface area contributed by atoms with Crippen LogP contribution in [-0.2, 0) is 24.3 Å². The van der Waals surface area contributed by atoms with Gasteiger partial charge >= 0.3 is 0 Å². The van der Waals surface area contributed by atoms with Crippen molar-refractivity contribution in [2.75, 3.05) is 19.6 Å². The molecule has 5 rings (SSSR count). The van der Waals surface area contributed by atoms with Crippen LogP contribution < -0.4 is 5.32 Å². The Morgan fingerprint density at radius 2 is 2.00 bits per heavy atom. The number of nitrogens with one attached hydrogen (secondary N) is 1. The topological polar surface area (TPSA) is 63.1 Å². The molecule has 0 unspecified atom stereocenters. The summed E-state index contributed by atoms with van der Waals surface area (Å²) in [5, 5.41) is 6.04. The largest absolute Gasteiger partial charge is 0.356 e. The Morgan fingerprint density at radius 1 is 1.11 bits per heavy atom. The van der Waals surface area contributed by atoms with Gasteiger partial charge in [-0.15, -0.1) is 11.3 Å². The molecular weight excluding hydrogens is 478 g/mol. The summed E-state index contributed by atoms with van der Waals surface area (Å²) in [5.41, 5.74) is 3.01. The summed E-state index contributed by atoms with van der Waals surface area (Å²) in [5.74, 6) is 1.53. The Hall–Kier alpha value is -2.74. The molecule has 1 aliphatic rings. The molecule has 0 saturated carbocycles. The number of rotatable bonds is 9. The highest BCUT2D eigenvalue weighted by molar-refractivity contribution is 7.09. The molecule has 4 aromatic rings. The van der Waals surface area contributed by atoms with Gasteiger partial charge < -0.3 is 9.88 Å². The van der Waals surface area contributed by atoms with Gasteiger partial charge in [0.15, 0.2) is 5.65 Å². The van der Waals surface area contributed by atoms with Crippen LogP contribution in [0.3, 0.4) is 0 Å². The summed E-state index contributed by atoms with van der Waals surface area (Å²) in [6.07, 6.45) is 5.03. The van der Waals surface area contributed by atoms with E-state index in [1.54, 1.807) is 17.5 Å². The number of piperidine rings is 1. The summed E-state index contributed by atoms with van der Waals surface area (Å²) in [7, 11) is 0. The fraction of sp³-hybridized carbons (Fsp3) is 0.370. The molecule has 35 heavy (non-hydrogen) atoms. The standard InChI is InChI=1S/C27H30ClN5OS/c28-22-5-1-4-21(16-22)18-32-13-10-20(11-14-32)17-30-26(34)9-8-25-31-24-7-2-12-29-27(24)33(25)19-23-6-3-15-35-23/h1-7,12,15-16,20H,8-11,13-14,17-19H2,(H,30,34). The predicted octanol–water partition coefficient (Wildman–Crippen LogP) is 5.16. The lowest BCUT2D eigenvalue weighted by Gasteiger charge is -2.32. The lowest BCUT2D eigenvalue weighted by atomic mass is 9.96. The number of amides is 1. The van der Waals surface area contributed by atoms with E-state index in [1.165, 1.54) is 10.4 Å². The quantitative estimate of drug-likeness (QED) is 0.340. The Balaban J connectivity index is 1.10. The number of halogens is 1. The monoisotopic (exact) mass is 507 g/mol. The molecule has 1 fully saturated rings. The van der Waals surface area contributed by atoms with E-state index in [9.17, 15) is 4.79 Å². The average Bonchev–Trinajstić information content (AvgIpc) is 3.51. The lowest BCUT2D eigenvalue weighted by Crippen LogP contribution is -2.38. The Kier molecular flexibility index (Phi) is 7.76. The zero-order chi connectivity index (χ0) is 24.0.